The van der Waals surface area contributed by atoms with Gasteiger partial charge in [-0.1, -0.05) is 39.7 Å². The summed E-state index contributed by atoms with van der Waals surface area (Å²) in [6.45, 7) is 3.89. The molecule has 0 amide bonds. The fourth-order valence-corrected chi connectivity index (χ4v) is 2.79. The van der Waals surface area contributed by atoms with Gasteiger partial charge < -0.3 is 0 Å². The minimum absolute atomic E-state index is 0.350. The lowest BCUT2D eigenvalue weighted by atomic mass is 9.98. The minimum atomic E-state index is -1.44. The predicted octanol–water partition coefficient (Wildman–Crippen LogP) is 5.21. The molecule has 100 valence electrons. The van der Waals surface area contributed by atoms with Crippen LogP contribution in [0.3, 0.4) is 0 Å². The van der Waals surface area contributed by atoms with E-state index in [-0.39, 0.29) is 4.83 Å². The van der Waals surface area contributed by atoms with Crippen LogP contribution in [0.2, 0.25) is 0 Å². The summed E-state index contributed by atoms with van der Waals surface area (Å²) in [5, 5.41) is 0. The first kappa shape index (κ1) is 14.1. The van der Waals surface area contributed by atoms with Crippen LogP contribution in [0.5, 0.6) is 0 Å². The highest BCUT2D eigenvalue weighted by Crippen LogP contribution is 2.34. The molecule has 0 spiro atoms. The summed E-state index contributed by atoms with van der Waals surface area (Å²) >= 11 is 3.41. The van der Waals surface area contributed by atoms with Crippen molar-refractivity contribution >= 4 is 15.9 Å². The fraction of sp³-hybridized carbons (Fsp3) is 0.200. The smallest absolute Gasteiger partial charge is 0.194 e. The first-order chi connectivity index (χ1) is 8.90. The molecule has 0 fully saturated rings. The third kappa shape index (κ3) is 2.84. The lowest BCUT2D eigenvalue weighted by Gasteiger charge is -2.14. The van der Waals surface area contributed by atoms with Gasteiger partial charge >= 0.3 is 0 Å². The molecule has 0 heterocycles. The molecule has 0 radical (unpaired) electrons. The van der Waals surface area contributed by atoms with E-state index in [0.717, 1.165) is 28.8 Å². The molecule has 0 aliphatic rings. The van der Waals surface area contributed by atoms with E-state index in [4.69, 9.17) is 0 Å². The average molecular weight is 329 g/mol. The second-order valence-corrected chi connectivity index (χ2v) is 5.44. The first-order valence-corrected chi connectivity index (χ1v) is 6.67. The van der Waals surface area contributed by atoms with E-state index in [1.165, 1.54) is 0 Å². The zero-order valence-corrected chi connectivity index (χ0v) is 12.1. The quantitative estimate of drug-likeness (QED) is 0.524. The number of benzene rings is 2. The molecule has 0 nitrogen and oxygen atoms in total. The van der Waals surface area contributed by atoms with Gasteiger partial charge in [0.1, 0.15) is 0 Å². The summed E-state index contributed by atoms with van der Waals surface area (Å²) < 4.78 is 39.4. The van der Waals surface area contributed by atoms with Crippen molar-refractivity contribution in [2.45, 2.75) is 18.7 Å². The van der Waals surface area contributed by atoms with Gasteiger partial charge in [0.05, 0.1) is 4.83 Å². The molecule has 0 saturated heterocycles. The Balaban J connectivity index is 2.47. The summed E-state index contributed by atoms with van der Waals surface area (Å²) in [6, 6.07) is 7.82. The van der Waals surface area contributed by atoms with Crippen molar-refractivity contribution in [2.24, 2.45) is 0 Å². The molecule has 19 heavy (non-hydrogen) atoms. The molecule has 0 saturated carbocycles. The summed E-state index contributed by atoms with van der Waals surface area (Å²) in [7, 11) is 0. The fourth-order valence-electron chi connectivity index (χ4n) is 2.01. The maximum absolute atomic E-state index is 13.2. The molecule has 0 aliphatic carbocycles. The Morgan fingerprint density at radius 2 is 1.53 bits per heavy atom. The number of rotatable bonds is 2. The van der Waals surface area contributed by atoms with Gasteiger partial charge in [-0.05, 0) is 42.7 Å². The minimum Gasteiger partial charge on any atom is -0.204 e. The number of hydrogen-bond donors (Lipinski definition) is 0. The normalized spacial score (nSPS) is 12.5. The second-order valence-electron chi connectivity index (χ2n) is 4.52. The summed E-state index contributed by atoms with van der Waals surface area (Å²) in [6.07, 6.45) is 0. The molecule has 2 rings (SSSR count). The molecule has 1 unspecified atom stereocenters. The van der Waals surface area contributed by atoms with Gasteiger partial charge in [-0.15, -0.1) is 0 Å². The number of alkyl halides is 1. The number of aryl methyl sites for hydroxylation is 2. The van der Waals surface area contributed by atoms with Gasteiger partial charge in [0.2, 0.25) is 0 Å². The monoisotopic (exact) mass is 328 g/mol. The molecular formula is C15H12BrF3. The molecular weight excluding hydrogens is 317 g/mol. The number of halogens is 4. The zero-order chi connectivity index (χ0) is 14.2. The third-order valence-corrected chi connectivity index (χ3v) is 4.02. The summed E-state index contributed by atoms with van der Waals surface area (Å²) in [4.78, 5) is -0.377. The van der Waals surface area contributed by atoms with Crippen molar-refractivity contribution < 1.29 is 13.2 Å². The van der Waals surface area contributed by atoms with E-state index >= 15 is 0 Å². The molecule has 0 bridgehead atoms. The van der Waals surface area contributed by atoms with Crippen molar-refractivity contribution in [3.63, 3.8) is 0 Å². The molecule has 0 N–H and O–H groups in total. The van der Waals surface area contributed by atoms with Crippen LogP contribution in [-0.2, 0) is 0 Å². The van der Waals surface area contributed by atoms with Crippen LogP contribution in [0, 0.1) is 31.3 Å². The summed E-state index contributed by atoms with van der Waals surface area (Å²) in [5.41, 5.74) is 3.36. The van der Waals surface area contributed by atoms with Gasteiger partial charge in [0, 0.05) is 0 Å². The van der Waals surface area contributed by atoms with Crippen LogP contribution in [0.1, 0.15) is 27.1 Å². The van der Waals surface area contributed by atoms with E-state index in [1.807, 2.05) is 32.0 Å². The first-order valence-electron chi connectivity index (χ1n) is 5.76. The van der Waals surface area contributed by atoms with Crippen molar-refractivity contribution in [3.05, 3.63) is 70.0 Å². The molecule has 0 aliphatic heterocycles. The molecule has 2 aromatic carbocycles. The maximum Gasteiger partial charge on any atom is 0.194 e. The Kier molecular flexibility index (Phi) is 3.99. The Bertz CT molecular complexity index is 600. The van der Waals surface area contributed by atoms with Gasteiger partial charge in [0.25, 0.3) is 0 Å². The van der Waals surface area contributed by atoms with Gasteiger partial charge in [-0.3, -0.25) is 0 Å². The molecule has 2 aromatic rings. The largest absolute Gasteiger partial charge is 0.204 e. The Morgan fingerprint density at radius 3 is 2.05 bits per heavy atom. The third-order valence-electron chi connectivity index (χ3n) is 3.00. The maximum atomic E-state index is 13.2. The molecule has 4 heteroatoms. The van der Waals surface area contributed by atoms with Crippen LogP contribution in [-0.4, -0.2) is 0 Å². The average Bonchev–Trinajstić information content (AvgIpc) is 2.34. The Labute approximate surface area is 118 Å². The van der Waals surface area contributed by atoms with E-state index in [1.54, 1.807) is 0 Å². The van der Waals surface area contributed by atoms with Gasteiger partial charge in [0.15, 0.2) is 17.5 Å². The lowest BCUT2D eigenvalue weighted by molar-refractivity contribution is 0.445. The van der Waals surface area contributed by atoms with Gasteiger partial charge in [-0.2, -0.15) is 0 Å². The van der Waals surface area contributed by atoms with Crippen molar-refractivity contribution in [1.29, 1.82) is 0 Å². The lowest BCUT2D eigenvalue weighted by Crippen LogP contribution is -2.00. The van der Waals surface area contributed by atoms with Crippen LogP contribution in [0.15, 0.2) is 30.3 Å². The topological polar surface area (TPSA) is 0 Å². The van der Waals surface area contributed by atoms with Crippen LogP contribution in [0.4, 0.5) is 13.2 Å². The van der Waals surface area contributed by atoms with Crippen molar-refractivity contribution in [3.8, 4) is 0 Å². The highest BCUT2D eigenvalue weighted by molar-refractivity contribution is 9.09. The Hall–Kier alpha value is -1.29. The van der Waals surface area contributed by atoms with E-state index in [0.29, 0.717) is 5.56 Å². The predicted molar refractivity (Wildman–Crippen MR) is 73.0 cm³/mol. The van der Waals surface area contributed by atoms with Crippen LogP contribution < -0.4 is 0 Å². The number of hydrogen-bond acceptors (Lipinski definition) is 0. The van der Waals surface area contributed by atoms with Crippen molar-refractivity contribution in [1.82, 2.24) is 0 Å². The highest BCUT2D eigenvalue weighted by atomic mass is 79.9. The van der Waals surface area contributed by atoms with E-state index in [9.17, 15) is 13.2 Å². The highest BCUT2D eigenvalue weighted by Gasteiger charge is 2.18. The van der Waals surface area contributed by atoms with E-state index in [2.05, 4.69) is 15.9 Å². The standard InChI is InChI=1S/C15H12BrF3/c1-8-3-4-11(9(2)5-8)14(16)10-6-12(17)15(19)13(18)7-10/h3-7,14H,1-2H3. The zero-order valence-electron chi connectivity index (χ0n) is 10.5. The second kappa shape index (κ2) is 5.37. The summed E-state index contributed by atoms with van der Waals surface area (Å²) in [5.74, 6) is -3.79. The van der Waals surface area contributed by atoms with Crippen molar-refractivity contribution in [2.75, 3.05) is 0 Å². The van der Waals surface area contributed by atoms with Crippen LogP contribution >= 0.6 is 15.9 Å². The molecule has 1 atom stereocenters. The SMILES string of the molecule is Cc1ccc(C(Br)c2cc(F)c(F)c(F)c2)c(C)c1. The van der Waals surface area contributed by atoms with Gasteiger partial charge in [-0.25, -0.2) is 13.2 Å². The molecule has 0 aromatic heterocycles. The van der Waals surface area contributed by atoms with E-state index < -0.39 is 17.5 Å². The Morgan fingerprint density at radius 1 is 0.947 bits per heavy atom. The van der Waals surface area contributed by atoms with Crippen LogP contribution in [0.25, 0.3) is 0 Å².